The predicted molar refractivity (Wildman–Crippen MR) is 22.9 cm³/mol. The molecule has 0 amide bonds. The van der Waals surface area contributed by atoms with Crippen LogP contribution in [0, 0.1) is 35.6 Å². The molecule has 0 saturated heterocycles. The first-order valence-corrected chi connectivity index (χ1v) is 0.651. The third-order valence-electron chi connectivity index (χ3n) is 0. The Morgan fingerprint density at radius 3 is 1.29 bits per heavy atom. The Labute approximate surface area is 74.9 Å². The molecule has 0 heterocycles. The van der Waals surface area contributed by atoms with Gasteiger partial charge in [0.1, 0.15) is 0 Å². The molecule has 0 rings (SSSR count). The number of carboxylic acid groups (broad SMARTS) is 2. The summed E-state index contributed by atoms with van der Waals surface area (Å²) in [5.41, 5.74) is 0. The zero-order valence-electron chi connectivity index (χ0n) is 3.50. The van der Waals surface area contributed by atoms with Gasteiger partial charge in [-0.25, -0.2) is 4.79 Å². The summed E-state index contributed by atoms with van der Waals surface area (Å²) >= 11 is 0. The van der Waals surface area contributed by atoms with Crippen LogP contribution in [-0.4, -0.2) is 16.4 Å². The summed E-state index contributed by atoms with van der Waals surface area (Å²) in [6.07, 6.45) is -1.83. The van der Waals surface area contributed by atoms with Crippen molar-refractivity contribution in [3.05, 3.63) is 0 Å². The van der Waals surface area contributed by atoms with E-state index in [1.807, 2.05) is 0 Å². The van der Waals surface area contributed by atoms with Crippen LogP contribution in [0.3, 0.4) is 0 Å². The summed E-state index contributed by atoms with van der Waals surface area (Å²) in [7, 11) is 0. The van der Waals surface area contributed by atoms with Crippen LogP contribution in [-0.2, 0) is 0 Å². The molecule has 5 N–H and O–H groups in total. The van der Waals surface area contributed by atoms with Gasteiger partial charge in [-0.3, -0.25) is 0 Å². The molecule has 43 valence electrons. The maximum atomic E-state index is 8.56. The molecule has 0 aliphatic heterocycles. The normalized spacial score (nSPS) is 3.43. The number of halogens is 1. The molecule has 0 aromatic rings. The number of rotatable bonds is 0. The topological polar surface area (TPSA) is 92.5 Å². The van der Waals surface area contributed by atoms with E-state index in [1.165, 1.54) is 0 Å². The molecule has 0 bridgehead atoms. The van der Waals surface area contributed by atoms with Crippen molar-refractivity contribution < 1.29 is 50.6 Å². The molecule has 6 heteroatoms. The summed E-state index contributed by atoms with van der Waals surface area (Å²) in [4.78, 5) is 8.56. The van der Waals surface area contributed by atoms with Crippen LogP contribution in [0.1, 0.15) is 0 Å². The predicted octanol–water partition coefficient (Wildman–Crippen LogP) is 0.806. The Kier molecular flexibility index (Phi) is 57.2. The van der Waals surface area contributed by atoms with Gasteiger partial charge in [-0.2, -0.15) is 0 Å². The second-order valence-corrected chi connectivity index (χ2v) is 0.283. The first-order valence-electron chi connectivity index (χ1n) is 0.651. The summed E-state index contributed by atoms with van der Waals surface area (Å²) in [6, 6.07) is 0. The average Bonchev–Trinajstić information content (AvgIpc) is 0.811. The molecule has 7 heavy (non-hydrogen) atoms. The maximum Gasteiger partial charge on any atom is 0.503 e. The first kappa shape index (κ1) is 25.2. The van der Waals surface area contributed by atoms with Gasteiger partial charge in [0, 0.05) is 35.6 Å². The molecule has 0 spiro atoms. The maximum absolute atomic E-state index is 8.56. The fourth-order valence-electron chi connectivity index (χ4n) is 0. The van der Waals surface area contributed by atoms with Crippen molar-refractivity contribution in [2.45, 2.75) is 0 Å². The van der Waals surface area contributed by atoms with E-state index in [4.69, 9.17) is 15.0 Å². The quantitative estimate of drug-likeness (QED) is 0.596. The number of hydrogen-bond donors (Lipinski definition) is 3. The van der Waals surface area contributed by atoms with Gasteiger partial charge in [0.15, 0.2) is 0 Å². The SMILES string of the molecule is Cl.N.O=C(O)O.[La]. The minimum atomic E-state index is -1.83. The number of hydrogen-bond acceptors (Lipinski definition) is 2. The fourth-order valence-corrected chi connectivity index (χ4v) is 0. The molecular weight excluding hydrogens is 248 g/mol. The van der Waals surface area contributed by atoms with Crippen molar-refractivity contribution in [2.75, 3.05) is 0 Å². The molecule has 0 aliphatic rings. The minimum Gasteiger partial charge on any atom is -0.450 e. The zero-order valence-corrected chi connectivity index (χ0v) is 7.94. The summed E-state index contributed by atoms with van der Waals surface area (Å²) < 4.78 is 0. The average molecular weight is 254 g/mol. The van der Waals surface area contributed by atoms with Crippen LogP contribution in [0.4, 0.5) is 4.79 Å². The van der Waals surface area contributed by atoms with Crippen molar-refractivity contribution in [3.8, 4) is 0 Å². The van der Waals surface area contributed by atoms with E-state index < -0.39 is 6.16 Å². The summed E-state index contributed by atoms with van der Waals surface area (Å²) in [5.74, 6) is 0. The summed E-state index contributed by atoms with van der Waals surface area (Å²) in [5, 5.41) is 13.9. The first-order chi connectivity index (χ1) is 1.73. The van der Waals surface area contributed by atoms with E-state index in [0.717, 1.165) is 0 Å². The molecule has 0 saturated carbocycles. The van der Waals surface area contributed by atoms with E-state index in [0.29, 0.717) is 0 Å². The van der Waals surface area contributed by atoms with Gasteiger partial charge in [-0.15, -0.1) is 12.4 Å². The van der Waals surface area contributed by atoms with Crippen LogP contribution in [0.25, 0.3) is 0 Å². The third-order valence-corrected chi connectivity index (χ3v) is 0. The van der Waals surface area contributed by atoms with Gasteiger partial charge in [0.2, 0.25) is 0 Å². The Bertz CT molecular complexity index is 37.9. The van der Waals surface area contributed by atoms with Gasteiger partial charge in [0.25, 0.3) is 0 Å². The van der Waals surface area contributed by atoms with Crippen molar-refractivity contribution in [3.63, 3.8) is 0 Å². The van der Waals surface area contributed by atoms with E-state index in [2.05, 4.69) is 0 Å². The minimum absolute atomic E-state index is 0. The van der Waals surface area contributed by atoms with Crippen molar-refractivity contribution in [2.24, 2.45) is 0 Å². The molecule has 1 radical (unpaired) electrons. The Morgan fingerprint density at radius 2 is 1.29 bits per heavy atom. The monoisotopic (exact) mass is 254 g/mol. The zero-order chi connectivity index (χ0) is 3.58. The molecule has 4 nitrogen and oxygen atoms in total. The smallest absolute Gasteiger partial charge is 0.450 e. The molecule has 0 fully saturated rings. The standard InChI is InChI=1S/CH2O3.ClH.La.H3N/c2-1(3)4;;;/h(H2,2,3,4);1H;;1H3. The van der Waals surface area contributed by atoms with Crippen LogP contribution in [0.5, 0.6) is 0 Å². The van der Waals surface area contributed by atoms with E-state index >= 15 is 0 Å². The van der Waals surface area contributed by atoms with Crippen molar-refractivity contribution in [1.29, 1.82) is 0 Å². The van der Waals surface area contributed by atoms with Crippen LogP contribution in [0.2, 0.25) is 0 Å². The van der Waals surface area contributed by atoms with Crippen molar-refractivity contribution >= 4 is 18.6 Å². The van der Waals surface area contributed by atoms with Gasteiger partial charge in [0.05, 0.1) is 0 Å². The van der Waals surface area contributed by atoms with Crippen LogP contribution in [0.15, 0.2) is 0 Å². The molecule has 0 aromatic carbocycles. The van der Waals surface area contributed by atoms with Crippen LogP contribution < -0.4 is 6.15 Å². The van der Waals surface area contributed by atoms with Gasteiger partial charge in [-0.1, -0.05) is 0 Å². The molecule has 0 atom stereocenters. The van der Waals surface area contributed by atoms with Gasteiger partial charge < -0.3 is 16.4 Å². The molecule has 0 aliphatic carbocycles. The largest absolute Gasteiger partial charge is 0.503 e. The van der Waals surface area contributed by atoms with Crippen LogP contribution >= 0.6 is 12.4 Å². The van der Waals surface area contributed by atoms with E-state index in [1.54, 1.807) is 0 Å². The third kappa shape index (κ3) is 292. The Hall–Kier alpha value is 0.715. The van der Waals surface area contributed by atoms with E-state index in [-0.39, 0.29) is 54.2 Å². The second kappa shape index (κ2) is 15.9. The Balaban J connectivity index is -0.0000000150. The van der Waals surface area contributed by atoms with E-state index in [9.17, 15) is 0 Å². The molecular formula is CH6ClLaNO3. The summed E-state index contributed by atoms with van der Waals surface area (Å²) in [6.45, 7) is 0. The van der Waals surface area contributed by atoms with Gasteiger partial charge >= 0.3 is 6.16 Å². The molecule has 0 aromatic heterocycles. The molecule has 0 unspecified atom stereocenters. The Morgan fingerprint density at radius 1 is 1.29 bits per heavy atom. The second-order valence-electron chi connectivity index (χ2n) is 0.283. The number of carbonyl (C=O) groups is 1. The van der Waals surface area contributed by atoms with Gasteiger partial charge in [-0.05, 0) is 0 Å². The fraction of sp³-hybridized carbons (Fsp3) is 0. The van der Waals surface area contributed by atoms with Crippen molar-refractivity contribution in [1.82, 2.24) is 6.15 Å².